The third-order valence-corrected chi connectivity index (χ3v) is 5.30. The van der Waals surface area contributed by atoms with Crippen molar-refractivity contribution in [2.24, 2.45) is 11.8 Å². The lowest BCUT2D eigenvalue weighted by Gasteiger charge is -2.21. The fraction of sp³-hybridized carbons (Fsp3) is 0.412. The summed E-state index contributed by atoms with van der Waals surface area (Å²) in [4.78, 5) is 16.8. The molecule has 0 bridgehead atoms. The number of nitrogens with zero attached hydrogens (tertiary/aromatic N) is 4. The smallest absolute Gasteiger partial charge is 0.322 e. The molecule has 2 atom stereocenters. The van der Waals surface area contributed by atoms with Crippen LogP contribution in [0.25, 0.3) is 0 Å². The number of amides is 1. The molecule has 0 saturated carbocycles. The van der Waals surface area contributed by atoms with Gasteiger partial charge in [0.2, 0.25) is 0 Å². The summed E-state index contributed by atoms with van der Waals surface area (Å²) < 4.78 is 1.33. The van der Waals surface area contributed by atoms with Crippen LogP contribution in [0.15, 0.2) is 36.7 Å². The fourth-order valence-electron chi connectivity index (χ4n) is 3.82. The minimum Gasteiger partial charge on any atom is -0.322 e. The highest BCUT2D eigenvalue weighted by molar-refractivity contribution is 6.30. The predicted molar refractivity (Wildman–Crippen MR) is 93.3 cm³/mol. The van der Waals surface area contributed by atoms with Crippen molar-refractivity contribution in [2.75, 3.05) is 26.2 Å². The number of carbonyl (C=O) groups is 1. The Hall–Kier alpha value is -1.56. The number of rotatable bonds is 2. The maximum atomic E-state index is 12.4. The Kier molecular flexibility index (Phi) is 4.24. The summed E-state index contributed by atoms with van der Waals surface area (Å²) >= 11 is 11.9. The summed E-state index contributed by atoms with van der Waals surface area (Å²) in [5, 5.41) is 5.26. The maximum Gasteiger partial charge on any atom is 0.344 e. The van der Waals surface area contributed by atoms with Crippen molar-refractivity contribution >= 4 is 29.2 Å². The molecule has 2 unspecified atom stereocenters. The quantitative estimate of drug-likeness (QED) is 0.821. The number of hydrogen-bond acceptors (Lipinski definition) is 3. The molecule has 5 nitrogen and oxygen atoms in total. The summed E-state index contributed by atoms with van der Waals surface area (Å²) in [7, 11) is 0. The fourth-order valence-corrected chi connectivity index (χ4v) is 4.17. The first-order valence-corrected chi connectivity index (χ1v) is 8.80. The van der Waals surface area contributed by atoms with Crippen molar-refractivity contribution in [1.82, 2.24) is 19.6 Å². The minimum atomic E-state index is -0.0855. The van der Waals surface area contributed by atoms with E-state index in [2.05, 4.69) is 16.1 Å². The molecule has 4 rings (SSSR count). The minimum absolute atomic E-state index is 0.0855. The molecule has 1 aromatic carbocycles. The average Bonchev–Trinajstić information content (AvgIpc) is 3.21. The monoisotopic (exact) mass is 364 g/mol. The van der Waals surface area contributed by atoms with E-state index in [0.29, 0.717) is 16.9 Å². The number of hydrogen-bond donors (Lipinski definition) is 0. The third kappa shape index (κ3) is 3.16. The van der Waals surface area contributed by atoms with E-state index in [1.165, 1.54) is 16.4 Å². The van der Waals surface area contributed by atoms with Gasteiger partial charge in [0.25, 0.3) is 0 Å². The molecule has 3 heterocycles. The van der Waals surface area contributed by atoms with Crippen LogP contribution in [0.2, 0.25) is 10.0 Å². The van der Waals surface area contributed by atoms with Crippen LogP contribution in [0.5, 0.6) is 0 Å². The maximum absolute atomic E-state index is 12.4. The largest absolute Gasteiger partial charge is 0.344 e. The molecule has 0 radical (unpaired) electrons. The van der Waals surface area contributed by atoms with Crippen LogP contribution in [0.3, 0.4) is 0 Å². The van der Waals surface area contributed by atoms with Crippen LogP contribution in [0.1, 0.15) is 5.56 Å². The molecular weight excluding hydrogens is 347 g/mol. The normalized spacial score (nSPS) is 23.7. The van der Waals surface area contributed by atoms with Crippen molar-refractivity contribution in [1.29, 1.82) is 0 Å². The van der Waals surface area contributed by atoms with Gasteiger partial charge in [-0.3, -0.25) is 4.90 Å². The van der Waals surface area contributed by atoms with Crippen molar-refractivity contribution in [3.63, 3.8) is 0 Å². The zero-order valence-electron chi connectivity index (χ0n) is 13.1. The number of halogens is 2. The van der Waals surface area contributed by atoms with Gasteiger partial charge in [0.15, 0.2) is 0 Å². The van der Waals surface area contributed by atoms with Gasteiger partial charge in [-0.25, -0.2) is 4.79 Å². The molecule has 2 saturated heterocycles. The first kappa shape index (κ1) is 15.9. The Bertz CT molecular complexity index is 749. The van der Waals surface area contributed by atoms with Gasteiger partial charge in [0.1, 0.15) is 0 Å². The van der Waals surface area contributed by atoms with Gasteiger partial charge >= 0.3 is 6.03 Å². The van der Waals surface area contributed by atoms with E-state index >= 15 is 0 Å². The highest BCUT2D eigenvalue weighted by atomic mass is 35.5. The Balaban J connectivity index is 1.36. The molecule has 126 valence electrons. The van der Waals surface area contributed by atoms with Gasteiger partial charge in [-0.1, -0.05) is 35.3 Å². The molecule has 2 aromatic rings. The SMILES string of the molecule is O=C(N1CC2CN(Cc3cccc(Cl)c3)CC2C1)n1cc(Cl)cn1. The highest BCUT2D eigenvalue weighted by Gasteiger charge is 2.41. The number of fused-ring (bicyclic) bond motifs is 1. The summed E-state index contributed by atoms with van der Waals surface area (Å²) in [6.07, 6.45) is 3.05. The lowest BCUT2D eigenvalue weighted by molar-refractivity contribution is 0.197. The molecule has 2 fully saturated rings. The molecule has 24 heavy (non-hydrogen) atoms. The third-order valence-electron chi connectivity index (χ3n) is 4.87. The Morgan fingerprint density at radius 1 is 1.12 bits per heavy atom. The van der Waals surface area contributed by atoms with Gasteiger partial charge < -0.3 is 4.90 Å². The van der Waals surface area contributed by atoms with E-state index in [1.807, 2.05) is 23.1 Å². The van der Waals surface area contributed by atoms with Crippen molar-refractivity contribution in [3.8, 4) is 0 Å². The van der Waals surface area contributed by atoms with Gasteiger partial charge in [-0.15, -0.1) is 0 Å². The van der Waals surface area contributed by atoms with E-state index in [9.17, 15) is 4.79 Å². The highest BCUT2D eigenvalue weighted by Crippen LogP contribution is 2.32. The second kappa shape index (κ2) is 6.39. The van der Waals surface area contributed by atoms with Gasteiger partial charge in [-0.05, 0) is 29.5 Å². The number of benzene rings is 1. The Morgan fingerprint density at radius 2 is 1.88 bits per heavy atom. The van der Waals surface area contributed by atoms with E-state index in [4.69, 9.17) is 23.2 Å². The molecule has 1 amide bonds. The van der Waals surface area contributed by atoms with Crippen LogP contribution < -0.4 is 0 Å². The number of likely N-dealkylation sites (tertiary alicyclic amines) is 2. The predicted octanol–water partition coefficient (Wildman–Crippen LogP) is 3.22. The van der Waals surface area contributed by atoms with Crippen LogP contribution in [0.4, 0.5) is 4.79 Å². The average molecular weight is 365 g/mol. The zero-order valence-corrected chi connectivity index (χ0v) is 14.6. The Morgan fingerprint density at radius 3 is 2.50 bits per heavy atom. The topological polar surface area (TPSA) is 41.4 Å². The van der Waals surface area contributed by atoms with E-state index in [-0.39, 0.29) is 6.03 Å². The second-order valence-electron chi connectivity index (χ2n) is 6.63. The molecule has 2 aliphatic rings. The van der Waals surface area contributed by atoms with E-state index in [1.54, 1.807) is 6.20 Å². The Labute approximate surface area is 150 Å². The number of aromatic nitrogens is 2. The lowest BCUT2D eigenvalue weighted by Crippen LogP contribution is -2.36. The van der Waals surface area contributed by atoms with Crippen molar-refractivity contribution < 1.29 is 4.79 Å². The summed E-state index contributed by atoms with van der Waals surface area (Å²) in [5.74, 6) is 1.05. The van der Waals surface area contributed by atoms with Gasteiger partial charge in [0.05, 0.1) is 17.4 Å². The summed E-state index contributed by atoms with van der Waals surface area (Å²) in [6, 6.07) is 7.93. The van der Waals surface area contributed by atoms with E-state index < -0.39 is 0 Å². The summed E-state index contributed by atoms with van der Waals surface area (Å²) in [5.41, 5.74) is 1.24. The van der Waals surface area contributed by atoms with Crippen LogP contribution in [-0.4, -0.2) is 51.8 Å². The van der Waals surface area contributed by atoms with Crippen molar-refractivity contribution in [2.45, 2.75) is 6.54 Å². The van der Waals surface area contributed by atoms with Crippen molar-refractivity contribution in [3.05, 3.63) is 52.3 Å². The van der Waals surface area contributed by atoms with Crippen LogP contribution in [0, 0.1) is 11.8 Å². The van der Waals surface area contributed by atoms with Crippen LogP contribution >= 0.6 is 23.2 Å². The molecule has 0 spiro atoms. The first-order chi connectivity index (χ1) is 11.6. The summed E-state index contributed by atoms with van der Waals surface area (Å²) in [6.45, 7) is 4.51. The zero-order chi connectivity index (χ0) is 16.7. The number of carbonyl (C=O) groups excluding carboxylic acids is 1. The van der Waals surface area contributed by atoms with Crippen LogP contribution in [-0.2, 0) is 6.54 Å². The standard InChI is InChI=1S/C17H18Cl2N4O/c18-15-3-1-2-12(4-15)6-21-7-13-9-22(10-14(13)8-21)17(24)23-11-16(19)5-20-23/h1-5,11,13-14H,6-10H2. The second-order valence-corrected chi connectivity index (χ2v) is 7.51. The molecule has 0 N–H and O–H groups in total. The first-order valence-electron chi connectivity index (χ1n) is 8.05. The molecule has 0 aliphatic carbocycles. The molecule has 7 heteroatoms. The van der Waals surface area contributed by atoms with E-state index in [0.717, 1.165) is 37.7 Å². The molecule has 1 aromatic heterocycles. The molecule has 2 aliphatic heterocycles. The van der Waals surface area contributed by atoms with Gasteiger partial charge in [0, 0.05) is 37.7 Å². The molecular formula is C17H18Cl2N4O. The van der Waals surface area contributed by atoms with Gasteiger partial charge in [-0.2, -0.15) is 9.78 Å². The lowest BCUT2D eigenvalue weighted by atomic mass is 10.0.